The zero-order valence-electron chi connectivity index (χ0n) is 20.7. The van der Waals surface area contributed by atoms with Crippen LogP contribution in [0.25, 0.3) is 6.08 Å². The average Bonchev–Trinajstić information content (AvgIpc) is 3.01. The predicted octanol–water partition coefficient (Wildman–Crippen LogP) is 6.16. The molecule has 6 heteroatoms. The summed E-state index contributed by atoms with van der Waals surface area (Å²) in [5.41, 5.74) is 4.47. The lowest BCUT2D eigenvalue weighted by atomic mass is 9.35. The van der Waals surface area contributed by atoms with Crippen molar-refractivity contribution in [2.24, 2.45) is 34.0 Å². The van der Waals surface area contributed by atoms with Gasteiger partial charge in [0, 0.05) is 10.8 Å². The third-order valence-electron chi connectivity index (χ3n) is 10.6. The summed E-state index contributed by atoms with van der Waals surface area (Å²) >= 11 is 0. The predicted molar refractivity (Wildman–Crippen MR) is 130 cm³/mol. The van der Waals surface area contributed by atoms with Crippen LogP contribution in [0.4, 0.5) is 0 Å². The number of carbonyl (C=O) groups excluding carboxylic acids is 1. The molecule has 5 aliphatic rings. The van der Waals surface area contributed by atoms with E-state index in [1.54, 1.807) is 0 Å². The van der Waals surface area contributed by atoms with E-state index in [-0.39, 0.29) is 16.2 Å². The van der Waals surface area contributed by atoms with E-state index in [1.807, 2.05) is 0 Å². The Balaban J connectivity index is 0.000000471. The van der Waals surface area contributed by atoms with Crippen LogP contribution in [0.2, 0.25) is 0 Å². The number of fused-ring (bicyclic) bond motifs is 4. The first-order chi connectivity index (χ1) is 15.1. The Hall–Kier alpha value is -1.50. The zero-order chi connectivity index (χ0) is 24.6. The molecule has 1 aromatic carbocycles. The molecule has 5 nitrogen and oxygen atoms in total. The first-order valence-corrected chi connectivity index (χ1v) is 13.5. The summed E-state index contributed by atoms with van der Waals surface area (Å²) in [6.07, 6.45) is 8.57. The van der Waals surface area contributed by atoms with Crippen LogP contribution in [0.15, 0.2) is 29.8 Å². The minimum Gasteiger partial charge on any atom is -0.294 e. The van der Waals surface area contributed by atoms with Crippen molar-refractivity contribution in [1.29, 1.82) is 0 Å². The van der Waals surface area contributed by atoms with Gasteiger partial charge in [-0.3, -0.25) is 13.9 Å². The minimum atomic E-state index is -4.67. The van der Waals surface area contributed by atoms with Gasteiger partial charge in [0.25, 0.3) is 0 Å². The molecule has 0 heterocycles. The Morgan fingerprint density at radius 3 is 2.09 bits per heavy atom. The fraction of sp³-hybridized carbons (Fsp3) is 0.667. The normalized spacial score (nSPS) is 39.1. The molecule has 5 unspecified atom stereocenters. The van der Waals surface area contributed by atoms with Crippen molar-refractivity contribution >= 4 is 22.3 Å². The summed E-state index contributed by atoms with van der Waals surface area (Å²) in [6, 6.07) is 9.02. The Kier molecular flexibility index (Phi) is 5.59. The van der Waals surface area contributed by atoms with E-state index < -0.39 is 10.4 Å². The van der Waals surface area contributed by atoms with E-state index in [2.05, 4.69) is 71.9 Å². The number of ketones is 1. The van der Waals surface area contributed by atoms with E-state index in [0.29, 0.717) is 23.0 Å². The van der Waals surface area contributed by atoms with Gasteiger partial charge in [-0.05, 0) is 83.5 Å². The summed E-state index contributed by atoms with van der Waals surface area (Å²) in [5, 5.41) is 0. The number of allylic oxidation sites excluding steroid dienone is 1. The van der Waals surface area contributed by atoms with E-state index in [0.717, 1.165) is 17.9 Å². The monoisotopic (exact) mass is 474 g/mol. The molecule has 2 N–H and O–H groups in total. The molecule has 1 aromatic rings. The third-order valence-corrected chi connectivity index (χ3v) is 10.6. The van der Waals surface area contributed by atoms with Gasteiger partial charge in [0.15, 0.2) is 5.78 Å². The maximum Gasteiger partial charge on any atom is 0.394 e. The van der Waals surface area contributed by atoms with Crippen LogP contribution in [0.5, 0.6) is 0 Å². The third kappa shape index (κ3) is 3.39. The Morgan fingerprint density at radius 1 is 0.970 bits per heavy atom. The highest BCUT2D eigenvalue weighted by molar-refractivity contribution is 7.79. The number of carbonyl (C=O) groups is 1. The highest BCUT2D eigenvalue weighted by Crippen LogP contribution is 2.71. The van der Waals surface area contributed by atoms with Gasteiger partial charge in [-0.2, -0.15) is 8.42 Å². The molecule has 182 valence electrons. The first kappa shape index (κ1) is 24.6. The quantitative estimate of drug-likeness (QED) is 0.396. The smallest absolute Gasteiger partial charge is 0.294 e. The SMILES string of the molecule is CC1CCC2CC1(c1ccccc1C=C1C(=O)C3(C)CCC1C3(C)C)C2(C)C.O=S(=O)(O)O. The molecule has 0 amide bonds. The van der Waals surface area contributed by atoms with E-state index in [9.17, 15) is 4.79 Å². The largest absolute Gasteiger partial charge is 0.394 e. The summed E-state index contributed by atoms with van der Waals surface area (Å²) in [7, 11) is -4.67. The van der Waals surface area contributed by atoms with Crippen LogP contribution in [0, 0.1) is 34.0 Å². The second-order valence-corrected chi connectivity index (χ2v) is 13.1. The molecule has 0 aromatic heterocycles. The van der Waals surface area contributed by atoms with Gasteiger partial charge in [0.2, 0.25) is 0 Å². The van der Waals surface area contributed by atoms with Crippen molar-refractivity contribution in [1.82, 2.24) is 0 Å². The Labute approximate surface area is 198 Å². The molecule has 0 spiro atoms. The van der Waals surface area contributed by atoms with Crippen molar-refractivity contribution in [3.63, 3.8) is 0 Å². The van der Waals surface area contributed by atoms with Crippen LogP contribution in [0.3, 0.4) is 0 Å². The van der Waals surface area contributed by atoms with Gasteiger partial charge in [-0.1, -0.05) is 65.8 Å². The molecule has 5 fully saturated rings. The molecule has 5 atom stereocenters. The molecule has 0 aliphatic heterocycles. The fourth-order valence-electron chi connectivity index (χ4n) is 8.15. The van der Waals surface area contributed by atoms with Gasteiger partial charge >= 0.3 is 10.4 Å². The van der Waals surface area contributed by atoms with E-state index in [4.69, 9.17) is 17.5 Å². The molecule has 5 aliphatic carbocycles. The van der Waals surface area contributed by atoms with E-state index in [1.165, 1.54) is 36.8 Å². The molecular formula is C27H38O5S. The summed E-state index contributed by atoms with van der Waals surface area (Å²) in [4.78, 5) is 13.4. The van der Waals surface area contributed by atoms with Crippen molar-refractivity contribution in [3.8, 4) is 0 Å². The molecule has 33 heavy (non-hydrogen) atoms. The van der Waals surface area contributed by atoms with Crippen LogP contribution in [-0.4, -0.2) is 23.3 Å². The average molecular weight is 475 g/mol. The second-order valence-electron chi connectivity index (χ2n) is 12.2. The standard InChI is InChI=1S/C27H36O.H2O4S/c1-17-11-12-19-16-27(17,24(19,2)3)21-10-8-7-9-18(21)15-20-22-13-14-26(6,23(20)28)25(22,4)5;1-5(2,3)4/h7-10,15,17,19,22H,11-14,16H2,1-6H3;(H2,1,2,3,4). The summed E-state index contributed by atoms with van der Waals surface area (Å²) in [5.74, 6) is 2.40. The number of benzene rings is 1. The van der Waals surface area contributed by atoms with Crippen molar-refractivity contribution < 1.29 is 22.3 Å². The molecular weight excluding hydrogens is 436 g/mol. The number of hydrogen-bond donors (Lipinski definition) is 2. The van der Waals surface area contributed by atoms with Crippen molar-refractivity contribution in [2.75, 3.05) is 0 Å². The van der Waals surface area contributed by atoms with Crippen LogP contribution in [0.1, 0.15) is 84.8 Å². The second kappa shape index (κ2) is 7.50. The zero-order valence-corrected chi connectivity index (χ0v) is 21.5. The first-order valence-electron chi connectivity index (χ1n) is 12.1. The lowest BCUT2D eigenvalue weighted by Gasteiger charge is -2.69. The fourth-order valence-corrected chi connectivity index (χ4v) is 8.15. The number of hydrogen-bond acceptors (Lipinski definition) is 3. The van der Waals surface area contributed by atoms with Crippen molar-refractivity contribution in [3.05, 3.63) is 41.0 Å². The van der Waals surface area contributed by atoms with Crippen LogP contribution >= 0.6 is 0 Å². The van der Waals surface area contributed by atoms with Gasteiger partial charge in [0.05, 0.1) is 0 Å². The molecule has 4 bridgehead atoms. The van der Waals surface area contributed by atoms with Gasteiger partial charge in [-0.15, -0.1) is 0 Å². The number of Topliss-reactive ketones (excluding diaryl/α,β-unsaturated/α-hetero) is 1. The van der Waals surface area contributed by atoms with Crippen molar-refractivity contribution in [2.45, 2.75) is 79.1 Å². The molecule has 6 rings (SSSR count). The van der Waals surface area contributed by atoms with Gasteiger partial charge < -0.3 is 0 Å². The minimum absolute atomic E-state index is 0.0854. The van der Waals surface area contributed by atoms with Crippen LogP contribution < -0.4 is 0 Å². The molecule has 0 radical (unpaired) electrons. The molecule has 5 saturated carbocycles. The van der Waals surface area contributed by atoms with Crippen LogP contribution in [-0.2, 0) is 20.6 Å². The lowest BCUT2D eigenvalue weighted by Crippen LogP contribution is -2.64. The highest BCUT2D eigenvalue weighted by Gasteiger charge is 2.66. The van der Waals surface area contributed by atoms with Gasteiger partial charge in [0.1, 0.15) is 0 Å². The maximum atomic E-state index is 13.4. The Bertz CT molecular complexity index is 1110. The lowest BCUT2D eigenvalue weighted by molar-refractivity contribution is -0.133. The maximum absolute atomic E-state index is 13.4. The van der Waals surface area contributed by atoms with E-state index >= 15 is 0 Å². The summed E-state index contributed by atoms with van der Waals surface area (Å²) in [6.45, 7) is 14.3. The number of rotatable bonds is 2. The summed E-state index contributed by atoms with van der Waals surface area (Å²) < 4.78 is 31.6. The highest BCUT2D eigenvalue weighted by atomic mass is 32.3. The van der Waals surface area contributed by atoms with Gasteiger partial charge in [-0.25, -0.2) is 0 Å². The Morgan fingerprint density at radius 2 is 1.58 bits per heavy atom. The molecule has 0 saturated heterocycles. The topological polar surface area (TPSA) is 91.7 Å².